The minimum absolute atomic E-state index is 0.0620. The van der Waals surface area contributed by atoms with Crippen LogP contribution >= 0.6 is 11.6 Å². The van der Waals surface area contributed by atoms with E-state index < -0.39 is 5.54 Å². The minimum Gasteiger partial charge on any atom is -0.491 e. The van der Waals surface area contributed by atoms with Gasteiger partial charge in [-0.25, -0.2) is 4.99 Å². The molecule has 0 saturated carbocycles. The first-order valence-corrected chi connectivity index (χ1v) is 9.22. The van der Waals surface area contributed by atoms with Gasteiger partial charge in [-0.1, -0.05) is 23.7 Å². The molecule has 5 nitrogen and oxygen atoms in total. The molecule has 1 amide bonds. The Morgan fingerprint density at radius 3 is 2.37 bits per heavy atom. The fourth-order valence-corrected chi connectivity index (χ4v) is 3.68. The van der Waals surface area contributed by atoms with E-state index in [1.807, 2.05) is 58.0 Å². The van der Waals surface area contributed by atoms with Gasteiger partial charge in [0, 0.05) is 12.1 Å². The van der Waals surface area contributed by atoms with Crippen molar-refractivity contribution >= 4 is 23.5 Å². The zero-order valence-corrected chi connectivity index (χ0v) is 17.0. The number of hydrogen-bond donors (Lipinski definition) is 1. The van der Waals surface area contributed by atoms with E-state index in [-0.39, 0.29) is 18.0 Å². The van der Waals surface area contributed by atoms with Crippen molar-refractivity contribution in [3.8, 4) is 5.75 Å². The number of likely N-dealkylation sites (N-methyl/N-ethyl adjacent to an activating group) is 1. The first-order chi connectivity index (χ1) is 12.6. The summed E-state index contributed by atoms with van der Waals surface area (Å²) in [6, 6.07) is 11.2. The van der Waals surface area contributed by atoms with Crippen LogP contribution in [0.5, 0.6) is 5.75 Å². The monoisotopic (exact) mass is 385 g/mol. The number of ether oxygens (including phenoxy) is 1. The Hall–Kier alpha value is -2.53. The van der Waals surface area contributed by atoms with E-state index in [0.717, 1.165) is 22.4 Å². The lowest BCUT2D eigenvalue weighted by atomic mass is 9.81. The molecule has 0 aliphatic carbocycles. The third-order valence-corrected chi connectivity index (χ3v) is 4.87. The highest BCUT2D eigenvalue weighted by molar-refractivity contribution is 6.30. The van der Waals surface area contributed by atoms with Gasteiger partial charge in [0.05, 0.1) is 6.10 Å². The summed E-state index contributed by atoms with van der Waals surface area (Å²) in [6.45, 7) is 7.84. The molecular weight excluding hydrogens is 362 g/mol. The number of guanidine groups is 1. The van der Waals surface area contributed by atoms with Gasteiger partial charge < -0.3 is 10.5 Å². The predicted molar refractivity (Wildman–Crippen MR) is 108 cm³/mol. The Kier molecular flexibility index (Phi) is 4.91. The van der Waals surface area contributed by atoms with E-state index in [2.05, 4.69) is 4.99 Å². The Morgan fingerprint density at radius 2 is 1.85 bits per heavy atom. The lowest BCUT2D eigenvalue weighted by Gasteiger charge is -2.27. The van der Waals surface area contributed by atoms with E-state index in [0.29, 0.717) is 10.6 Å². The molecule has 1 atom stereocenters. The number of aryl methyl sites for hydroxylation is 2. The normalized spacial score (nSPS) is 19.6. The van der Waals surface area contributed by atoms with Gasteiger partial charge in [0.25, 0.3) is 5.91 Å². The van der Waals surface area contributed by atoms with Crippen molar-refractivity contribution in [1.82, 2.24) is 4.90 Å². The van der Waals surface area contributed by atoms with Crippen molar-refractivity contribution in [2.45, 2.75) is 39.3 Å². The van der Waals surface area contributed by atoms with Crippen LogP contribution in [0.15, 0.2) is 41.4 Å². The predicted octanol–water partition coefficient (Wildman–Crippen LogP) is 3.77. The number of halogens is 1. The maximum absolute atomic E-state index is 13.3. The first-order valence-electron chi connectivity index (χ1n) is 8.84. The number of rotatable bonds is 4. The van der Waals surface area contributed by atoms with Crippen molar-refractivity contribution in [2.24, 2.45) is 10.7 Å². The summed E-state index contributed by atoms with van der Waals surface area (Å²) in [4.78, 5) is 19.3. The second-order valence-electron chi connectivity index (χ2n) is 7.21. The number of aliphatic imine (C=N–C) groups is 1. The van der Waals surface area contributed by atoms with E-state index in [9.17, 15) is 4.79 Å². The van der Waals surface area contributed by atoms with Gasteiger partial charge in [-0.05, 0) is 74.2 Å². The van der Waals surface area contributed by atoms with E-state index in [1.54, 1.807) is 13.1 Å². The molecular formula is C21H24ClN3O2. The summed E-state index contributed by atoms with van der Waals surface area (Å²) in [6.07, 6.45) is 0.0620. The Labute approximate surface area is 164 Å². The van der Waals surface area contributed by atoms with Crippen LogP contribution in [0.4, 0.5) is 0 Å². The van der Waals surface area contributed by atoms with Crippen LogP contribution in [0.3, 0.4) is 0 Å². The van der Waals surface area contributed by atoms with Crippen molar-refractivity contribution in [1.29, 1.82) is 0 Å². The smallest absolute Gasteiger partial charge is 0.266 e. The number of carbonyl (C=O) groups is 1. The molecule has 0 bridgehead atoms. The highest BCUT2D eigenvalue weighted by Gasteiger charge is 2.49. The lowest BCUT2D eigenvalue weighted by molar-refractivity contribution is -0.129. The molecule has 27 heavy (non-hydrogen) atoms. The number of benzene rings is 2. The molecule has 0 saturated heterocycles. The molecule has 6 heteroatoms. The van der Waals surface area contributed by atoms with Crippen LogP contribution in [0, 0.1) is 13.8 Å². The van der Waals surface area contributed by atoms with Crippen LogP contribution in [-0.4, -0.2) is 29.9 Å². The molecule has 2 aromatic rings. The summed E-state index contributed by atoms with van der Waals surface area (Å²) in [7, 11) is 1.63. The molecule has 1 unspecified atom stereocenters. The quantitative estimate of drug-likeness (QED) is 0.870. The Bertz CT molecular complexity index is 919. The fraction of sp³-hybridized carbons (Fsp3) is 0.333. The SMILES string of the molecule is Cc1cc(Cl)cc(C2(c3ccc(OC(C)C)c(C)c3)N=C(N)N(C)C2=O)c1. The number of amides is 1. The van der Waals surface area contributed by atoms with Crippen LogP contribution in [0.25, 0.3) is 0 Å². The van der Waals surface area contributed by atoms with Gasteiger partial charge in [-0.2, -0.15) is 0 Å². The van der Waals surface area contributed by atoms with Crippen LogP contribution in [0.1, 0.15) is 36.1 Å². The number of carbonyl (C=O) groups excluding carboxylic acids is 1. The molecule has 0 fully saturated rings. The minimum atomic E-state index is -1.25. The van der Waals surface area contributed by atoms with Gasteiger partial charge >= 0.3 is 0 Å². The molecule has 3 rings (SSSR count). The van der Waals surface area contributed by atoms with Gasteiger partial charge in [-0.3, -0.25) is 9.69 Å². The lowest BCUT2D eigenvalue weighted by Crippen LogP contribution is -2.41. The summed E-state index contributed by atoms with van der Waals surface area (Å²) in [5, 5.41) is 0.553. The topological polar surface area (TPSA) is 67.9 Å². The molecule has 142 valence electrons. The third kappa shape index (κ3) is 3.28. The zero-order valence-electron chi connectivity index (χ0n) is 16.2. The summed E-state index contributed by atoms with van der Waals surface area (Å²) in [5.74, 6) is 0.748. The van der Waals surface area contributed by atoms with Gasteiger partial charge in [0.15, 0.2) is 11.5 Å². The fourth-order valence-electron chi connectivity index (χ4n) is 3.39. The first kappa shape index (κ1) is 19.2. The molecule has 0 radical (unpaired) electrons. The van der Waals surface area contributed by atoms with Crippen LogP contribution in [0.2, 0.25) is 5.02 Å². The number of hydrogen-bond acceptors (Lipinski definition) is 4. The maximum Gasteiger partial charge on any atom is 0.266 e. The van der Waals surface area contributed by atoms with Crippen molar-refractivity contribution in [2.75, 3.05) is 7.05 Å². The largest absolute Gasteiger partial charge is 0.491 e. The van der Waals surface area contributed by atoms with E-state index in [4.69, 9.17) is 22.1 Å². The van der Waals surface area contributed by atoms with Crippen molar-refractivity contribution in [3.63, 3.8) is 0 Å². The molecule has 1 aliphatic heterocycles. The van der Waals surface area contributed by atoms with Gasteiger partial charge in [-0.15, -0.1) is 0 Å². The van der Waals surface area contributed by atoms with Crippen molar-refractivity contribution in [3.05, 3.63) is 63.7 Å². The Balaban J connectivity index is 2.24. The standard InChI is InChI=1S/C21H24ClN3O2/c1-12(2)27-18-7-6-15(10-14(18)4)21(19(26)25(5)20(23)24-21)16-8-13(3)9-17(22)11-16/h6-12H,1-5H3,(H2,23,24). The second kappa shape index (κ2) is 6.89. The average molecular weight is 386 g/mol. The molecule has 1 aliphatic rings. The maximum atomic E-state index is 13.3. The van der Waals surface area contributed by atoms with Gasteiger partial charge in [0.1, 0.15) is 5.75 Å². The second-order valence-corrected chi connectivity index (χ2v) is 7.65. The highest BCUT2D eigenvalue weighted by atomic mass is 35.5. The van der Waals surface area contributed by atoms with E-state index in [1.165, 1.54) is 4.90 Å². The molecule has 2 N–H and O–H groups in total. The van der Waals surface area contributed by atoms with Gasteiger partial charge in [0.2, 0.25) is 0 Å². The van der Waals surface area contributed by atoms with Crippen LogP contribution in [-0.2, 0) is 10.3 Å². The summed E-state index contributed by atoms with van der Waals surface area (Å²) >= 11 is 6.29. The third-order valence-electron chi connectivity index (χ3n) is 4.66. The molecule has 2 aromatic carbocycles. The summed E-state index contributed by atoms with van der Waals surface area (Å²) in [5.41, 5.74) is 8.07. The van der Waals surface area contributed by atoms with Crippen molar-refractivity contribution < 1.29 is 9.53 Å². The summed E-state index contributed by atoms with van der Waals surface area (Å²) < 4.78 is 5.83. The Morgan fingerprint density at radius 1 is 1.15 bits per heavy atom. The van der Waals surface area contributed by atoms with Crippen LogP contribution < -0.4 is 10.5 Å². The van der Waals surface area contributed by atoms with E-state index >= 15 is 0 Å². The molecule has 0 spiro atoms. The average Bonchev–Trinajstić information content (AvgIpc) is 2.80. The number of nitrogens with zero attached hydrogens (tertiary/aromatic N) is 2. The number of nitrogens with two attached hydrogens (primary N) is 1. The highest BCUT2D eigenvalue weighted by Crippen LogP contribution is 2.41. The zero-order chi connectivity index (χ0) is 19.9. The molecule has 1 heterocycles. The molecule has 0 aromatic heterocycles.